The minimum Gasteiger partial charge on any atom is -0.496 e. The van der Waals surface area contributed by atoms with Crippen LogP contribution in [0.15, 0.2) is 47.4 Å². The van der Waals surface area contributed by atoms with Crippen molar-refractivity contribution in [2.75, 3.05) is 65.4 Å². The number of aryl methyl sites for hydroxylation is 1. The fourth-order valence-electron chi connectivity index (χ4n) is 8.69. The normalized spacial score (nSPS) is 22.9. The lowest BCUT2D eigenvalue weighted by Gasteiger charge is -2.36. The van der Waals surface area contributed by atoms with Gasteiger partial charge in [-0.3, -0.25) is 34.3 Å². The number of benzene rings is 2. The van der Waals surface area contributed by atoms with Crippen LogP contribution in [0.2, 0.25) is 0 Å². The highest BCUT2D eigenvalue weighted by atomic mass is 32.1. The number of hydrogen-bond acceptors (Lipinski definition) is 12. The number of ether oxygens (including phenoxy) is 2. The van der Waals surface area contributed by atoms with Crippen LogP contribution >= 0.6 is 11.3 Å². The van der Waals surface area contributed by atoms with Gasteiger partial charge in [-0.2, -0.15) is 0 Å². The molecule has 308 valence electrons. The molecule has 0 spiro atoms. The Balaban J connectivity index is 0.978. The predicted molar refractivity (Wildman–Crippen MR) is 215 cm³/mol. The van der Waals surface area contributed by atoms with Crippen LogP contribution in [-0.4, -0.2) is 121 Å². The molecule has 0 bridgehead atoms. The van der Waals surface area contributed by atoms with E-state index >= 15 is 0 Å². The van der Waals surface area contributed by atoms with E-state index in [0.717, 1.165) is 59.9 Å². The van der Waals surface area contributed by atoms with E-state index in [2.05, 4.69) is 26.5 Å². The number of pyridine rings is 1. The molecule has 3 fully saturated rings. The van der Waals surface area contributed by atoms with Crippen molar-refractivity contribution in [3.05, 3.63) is 74.5 Å². The molecule has 0 saturated carbocycles. The molecule has 4 aliphatic heterocycles. The highest BCUT2D eigenvalue weighted by molar-refractivity contribution is 7.21. The Kier molecular flexibility index (Phi) is 10.8. The topological polar surface area (TPSA) is 149 Å². The molecular formula is C41H47F2N7O7S. The summed E-state index contributed by atoms with van der Waals surface area (Å²) in [6.07, 6.45) is 1.53. The van der Waals surface area contributed by atoms with Gasteiger partial charge in [0.2, 0.25) is 11.8 Å². The molecule has 14 nitrogen and oxygen atoms in total. The molecule has 0 radical (unpaired) electrons. The Hall–Kier alpha value is -4.94. The van der Waals surface area contributed by atoms with Crippen LogP contribution in [0.5, 0.6) is 11.5 Å². The molecule has 3 atom stereocenters. The molecule has 3 saturated heterocycles. The average Bonchev–Trinajstić information content (AvgIpc) is 3.79. The molecule has 3 N–H and O–H groups in total. The maximum Gasteiger partial charge on any atom is 0.280 e. The molecule has 2 aromatic heterocycles. The van der Waals surface area contributed by atoms with Gasteiger partial charge in [0.25, 0.3) is 17.4 Å². The number of aromatic nitrogens is 1. The fourth-order valence-corrected chi connectivity index (χ4v) is 9.77. The van der Waals surface area contributed by atoms with Crippen LogP contribution in [0, 0.1) is 0 Å². The lowest BCUT2D eigenvalue weighted by atomic mass is 10.0. The molecule has 4 aromatic rings. The van der Waals surface area contributed by atoms with E-state index in [-0.39, 0.29) is 35.1 Å². The Bertz CT molecular complexity index is 2320. The molecule has 8 rings (SSSR count). The Morgan fingerprint density at radius 2 is 1.72 bits per heavy atom. The first-order chi connectivity index (χ1) is 27.7. The van der Waals surface area contributed by atoms with E-state index < -0.39 is 36.7 Å². The molecule has 3 amide bonds. The van der Waals surface area contributed by atoms with Crippen molar-refractivity contribution < 1.29 is 37.7 Å². The zero-order valence-corrected chi connectivity index (χ0v) is 33.7. The van der Waals surface area contributed by atoms with Gasteiger partial charge in [-0.05, 0) is 61.3 Å². The van der Waals surface area contributed by atoms with E-state index in [4.69, 9.17) is 9.47 Å². The first-order valence-corrected chi connectivity index (χ1v) is 20.2. The fraction of sp³-hybridized carbons (Fsp3) is 0.463. The number of halogens is 2. The van der Waals surface area contributed by atoms with Crippen molar-refractivity contribution in [1.82, 2.24) is 29.9 Å². The van der Waals surface area contributed by atoms with Crippen LogP contribution < -0.4 is 30.6 Å². The number of anilines is 1. The zero-order valence-electron chi connectivity index (χ0n) is 32.8. The van der Waals surface area contributed by atoms with Gasteiger partial charge in [-0.1, -0.05) is 6.07 Å². The molecule has 6 heterocycles. The minimum absolute atomic E-state index is 0.115. The van der Waals surface area contributed by atoms with Gasteiger partial charge < -0.3 is 34.3 Å². The van der Waals surface area contributed by atoms with Gasteiger partial charge in [-0.15, -0.1) is 11.3 Å². The van der Waals surface area contributed by atoms with Crippen molar-refractivity contribution in [2.24, 2.45) is 7.05 Å². The molecule has 17 heteroatoms. The van der Waals surface area contributed by atoms with Gasteiger partial charge in [0.05, 0.1) is 48.7 Å². The monoisotopic (exact) mass is 819 g/mol. The number of nitrogens with zero attached hydrogens (tertiary/aromatic N) is 5. The van der Waals surface area contributed by atoms with E-state index in [0.29, 0.717) is 58.8 Å². The van der Waals surface area contributed by atoms with Gasteiger partial charge in [-0.25, -0.2) is 8.78 Å². The number of amides is 3. The number of alkyl halides is 2. The van der Waals surface area contributed by atoms with Crippen LogP contribution in [0.25, 0.3) is 21.2 Å². The third-order valence-electron chi connectivity index (χ3n) is 11.9. The van der Waals surface area contributed by atoms with E-state index in [1.807, 2.05) is 24.3 Å². The second-order valence-electron chi connectivity index (χ2n) is 15.6. The summed E-state index contributed by atoms with van der Waals surface area (Å²) in [5, 5.41) is 16.3. The number of piperazine rings is 1. The first-order valence-electron chi connectivity index (χ1n) is 19.4. The van der Waals surface area contributed by atoms with E-state index in [9.17, 15) is 33.1 Å². The van der Waals surface area contributed by atoms with Gasteiger partial charge >= 0.3 is 0 Å². The standard InChI is InChI=1S/C41H47F2N7O7S/c1-46-10-9-34(41(42,43)22-46)44-38(53)33-18-27-36(58-33)28(20-47(2)39(27)54)23-16-31(56-3)29(32(17-23)57-4)21-48-11-13-49(14-12-48)25-5-6-26-24(15-25)19-50(40(26)55)30-7-8-35(51)45-37(30)52/h5-6,15-18,20,30,34,40,55H,7-14,19,21-22H2,1-4H3,(H,44,53)(H,45,51,52). The molecule has 4 aliphatic rings. The summed E-state index contributed by atoms with van der Waals surface area (Å²) in [6, 6.07) is 9.41. The number of likely N-dealkylation sites (tertiary alicyclic amines) is 1. The summed E-state index contributed by atoms with van der Waals surface area (Å²) in [6.45, 7) is 3.96. The Morgan fingerprint density at radius 3 is 2.40 bits per heavy atom. The van der Waals surface area contributed by atoms with Crippen LogP contribution in [-0.2, 0) is 29.7 Å². The maximum atomic E-state index is 14.8. The summed E-state index contributed by atoms with van der Waals surface area (Å²) in [5.74, 6) is -3.19. The number of fused-ring (bicyclic) bond motifs is 2. The van der Waals surface area contributed by atoms with Crippen molar-refractivity contribution in [3.8, 4) is 22.6 Å². The molecule has 58 heavy (non-hydrogen) atoms. The number of rotatable bonds is 9. The summed E-state index contributed by atoms with van der Waals surface area (Å²) >= 11 is 1.09. The average molecular weight is 820 g/mol. The number of aliphatic hydroxyl groups excluding tert-OH is 1. The summed E-state index contributed by atoms with van der Waals surface area (Å²) in [4.78, 5) is 58.9. The first kappa shape index (κ1) is 39.9. The molecule has 2 aromatic carbocycles. The maximum absolute atomic E-state index is 14.8. The smallest absolute Gasteiger partial charge is 0.280 e. The summed E-state index contributed by atoms with van der Waals surface area (Å²) in [7, 11) is 6.44. The van der Waals surface area contributed by atoms with Crippen molar-refractivity contribution in [1.29, 1.82) is 0 Å². The van der Waals surface area contributed by atoms with Crippen LogP contribution in [0.1, 0.15) is 51.9 Å². The number of carbonyl (C=O) groups excluding carboxylic acids is 3. The molecular weight excluding hydrogens is 773 g/mol. The van der Waals surface area contributed by atoms with E-state index in [1.54, 1.807) is 44.3 Å². The SMILES string of the molecule is COc1cc(-c2cn(C)c(=O)c3cc(C(=O)NC4CCN(C)CC4(F)F)sc23)cc(OC)c1CN1CCN(c2ccc3c(c2)CN(C2CCC(=O)NC2=O)C3O)CC1. The third-order valence-corrected chi connectivity index (χ3v) is 13.1. The summed E-state index contributed by atoms with van der Waals surface area (Å²) in [5.41, 5.74) is 4.69. The van der Waals surface area contributed by atoms with Crippen LogP contribution in [0.3, 0.4) is 0 Å². The quantitative estimate of drug-likeness (QED) is 0.214. The van der Waals surface area contributed by atoms with Crippen LogP contribution in [0.4, 0.5) is 14.5 Å². The Labute approximate surface area is 337 Å². The number of imide groups is 1. The van der Waals surface area contributed by atoms with Crippen molar-refractivity contribution in [3.63, 3.8) is 0 Å². The predicted octanol–water partition coefficient (Wildman–Crippen LogP) is 3.29. The number of carbonyl (C=O) groups is 3. The number of aliphatic hydroxyl groups is 1. The highest BCUT2D eigenvalue weighted by Gasteiger charge is 2.45. The van der Waals surface area contributed by atoms with Gasteiger partial charge in [0, 0.05) is 87.0 Å². The van der Waals surface area contributed by atoms with Gasteiger partial charge in [0.1, 0.15) is 17.7 Å². The number of methoxy groups -OCH3 is 2. The number of piperidine rings is 2. The van der Waals surface area contributed by atoms with Gasteiger partial charge in [0.15, 0.2) is 0 Å². The molecule has 0 aliphatic carbocycles. The number of thiophene rings is 1. The zero-order chi connectivity index (χ0) is 41.0. The van der Waals surface area contributed by atoms with Crippen molar-refractivity contribution in [2.45, 2.75) is 56.6 Å². The third kappa shape index (κ3) is 7.45. The van der Waals surface area contributed by atoms with E-state index in [1.165, 1.54) is 10.6 Å². The second-order valence-corrected chi connectivity index (χ2v) is 16.7. The number of hydrogen-bond donors (Lipinski definition) is 3. The van der Waals surface area contributed by atoms with Crippen molar-refractivity contribution >= 4 is 44.8 Å². The lowest BCUT2D eigenvalue weighted by molar-refractivity contribution is -0.141. The highest BCUT2D eigenvalue weighted by Crippen LogP contribution is 2.41. The molecule has 3 unspecified atom stereocenters. The number of nitrogens with one attached hydrogen (secondary N) is 2. The second kappa shape index (κ2) is 15.7. The summed E-state index contributed by atoms with van der Waals surface area (Å²) < 4.78 is 43.4. The minimum atomic E-state index is -3.08. The largest absolute Gasteiger partial charge is 0.496 e. The lowest BCUT2D eigenvalue weighted by Crippen LogP contribution is -2.57. The Morgan fingerprint density at radius 1 is 1.00 bits per heavy atom.